The van der Waals surface area contributed by atoms with Crippen molar-refractivity contribution in [2.45, 2.75) is 11.5 Å². The van der Waals surface area contributed by atoms with Crippen LogP contribution in [-0.4, -0.2) is 19.4 Å². The Balaban J connectivity index is 3.46. The van der Waals surface area contributed by atoms with Gasteiger partial charge in [0.25, 0.3) is 0 Å². The third kappa shape index (κ3) is 2.52. The van der Waals surface area contributed by atoms with Crippen molar-refractivity contribution in [2.24, 2.45) is 10.9 Å². The van der Waals surface area contributed by atoms with E-state index in [4.69, 9.17) is 16.0 Å². The van der Waals surface area contributed by atoms with Crippen LogP contribution in [0.15, 0.2) is 23.1 Å². The summed E-state index contributed by atoms with van der Waals surface area (Å²) in [6.07, 6.45) is 0. The number of aliphatic hydroxyl groups excluding tert-OH is 1. The molecule has 0 unspecified atom stereocenters. The Bertz CT molecular complexity index is 495. The molecule has 0 heterocycles. The number of rotatable bonds is 3. The topological polar surface area (TPSA) is 123 Å². The molecule has 0 saturated heterocycles. The molecular formula is C8H10N2O4S. The van der Waals surface area contributed by atoms with Crippen LogP contribution in [0.4, 0.5) is 0 Å². The molecule has 0 bridgehead atoms. The summed E-state index contributed by atoms with van der Waals surface area (Å²) in [6, 6.07) is 3.66. The summed E-state index contributed by atoms with van der Waals surface area (Å²) in [7, 11) is -3.97. The van der Waals surface area contributed by atoms with E-state index in [9.17, 15) is 13.2 Å². The summed E-state index contributed by atoms with van der Waals surface area (Å²) in [6.45, 7) is -0.481. The van der Waals surface area contributed by atoms with Crippen LogP contribution in [0.2, 0.25) is 0 Å². The molecule has 0 atom stereocenters. The van der Waals surface area contributed by atoms with Gasteiger partial charge in [0, 0.05) is 5.56 Å². The molecule has 15 heavy (non-hydrogen) atoms. The molecule has 1 rings (SSSR count). The van der Waals surface area contributed by atoms with Crippen molar-refractivity contribution in [2.75, 3.05) is 0 Å². The fraction of sp³-hybridized carbons (Fsp3) is 0.125. The van der Waals surface area contributed by atoms with E-state index in [0.717, 1.165) is 6.07 Å². The molecule has 1 amide bonds. The third-order valence-electron chi connectivity index (χ3n) is 1.83. The van der Waals surface area contributed by atoms with Crippen molar-refractivity contribution in [3.63, 3.8) is 0 Å². The van der Waals surface area contributed by atoms with Gasteiger partial charge in [-0.2, -0.15) is 0 Å². The standard InChI is InChI=1S/C8H10N2O4S/c9-8(12)5-1-2-6(4-11)7(3-5)15(10,13)14/h1-3,11H,4H2,(H2,9,12)(H2,10,13,14). The molecule has 5 N–H and O–H groups in total. The number of primary sulfonamides is 1. The predicted molar refractivity (Wildman–Crippen MR) is 52.3 cm³/mol. The van der Waals surface area contributed by atoms with Crippen LogP contribution in [-0.2, 0) is 16.6 Å². The van der Waals surface area contributed by atoms with Crippen LogP contribution in [0.25, 0.3) is 0 Å². The van der Waals surface area contributed by atoms with Gasteiger partial charge in [0.1, 0.15) is 0 Å². The van der Waals surface area contributed by atoms with Gasteiger partial charge < -0.3 is 10.8 Å². The maximum absolute atomic E-state index is 11.1. The Morgan fingerprint density at radius 1 is 1.40 bits per heavy atom. The third-order valence-corrected chi connectivity index (χ3v) is 2.82. The van der Waals surface area contributed by atoms with Crippen LogP contribution in [0, 0.1) is 0 Å². The van der Waals surface area contributed by atoms with Crippen molar-refractivity contribution in [3.05, 3.63) is 29.3 Å². The molecule has 6 nitrogen and oxygen atoms in total. The van der Waals surface area contributed by atoms with Gasteiger partial charge in [0.05, 0.1) is 11.5 Å². The Kier molecular flexibility index (Phi) is 3.08. The predicted octanol–water partition coefficient (Wildman–Crippen LogP) is -1.07. The van der Waals surface area contributed by atoms with E-state index in [0.29, 0.717) is 0 Å². The van der Waals surface area contributed by atoms with Gasteiger partial charge in [0.15, 0.2) is 0 Å². The van der Waals surface area contributed by atoms with Crippen molar-refractivity contribution >= 4 is 15.9 Å². The molecule has 1 aromatic carbocycles. The highest BCUT2D eigenvalue weighted by Gasteiger charge is 2.15. The van der Waals surface area contributed by atoms with E-state index in [1.54, 1.807) is 0 Å². The van der Waals surface area contributed by atoms with E-state index in [1.807, 2.05) is 0 Å². The molecule has 0 aliphatic heterocycles. The fourth-order valence-electron chi connectivity index (χ4n) is 1.10. The minimum absolute atomic E-state index is 0.0243. The molecule has 1 aromatic rings. The molecule has 82 valence electrons. The zero-order valence-electron chi connectivity index (χ0n) is 7.67. The normalized spacial score (nSPS) is 11.3. The van der Waals surface area contributed by atoms with Crippen molar-refractivity contribution < 1.29 is 18.3 Å². The Labute approximate surface area is 86.6 Å². The molecule has 0 fully saturated rings. The van der Waals surface area contributed by atoms with Crippen LogP contribution in [0.1, 0.15) is 15.9 Å². The Hall–Kier alpha value is -1.44. The summed E-state index contributed by atoms with van der Waals surface area (Å²) < 4.78 is 22.2. The smallest absolute Gasteiger partial charge is 0.248 e. The van der Waals surface area contributed by atoms with Gasteiger partial charge in [0.2, 0.25) is 15.9 Å². The highest BCUT2D eigenvalue weighted by molar-refractivity contribution is 7.89. The molecule has 0 aliphatic carbocycles. The lowest BCUT2D eigenvalue weighted by molar-refractivity contribution is 0.1000. The average molecular weight is 230 g/mol. The summed E-state index contributed by atoms with van der Waals surface area (Å²) in [5, 5.41) is 13.8. The van der Waals surface area contributed by atoms with Crippen LogP contribution < -0.4 is 10.9 Å². The van der Waals surface area contributed by atoms with E-state index >= 15 is 0 Å². The average Bonchev–Trinajstić information content (AvgIpc) is 2.15. The van der Waals surface area contributed by atoms with Gasteiger partial charge in [-0.1, -0.05) is 6.07 Å². The van der Waals surface area contributed by atoms with E-state index in [2.05, 4.69) is 0 Å². The molecular weight excluding hydrogens is 220 g/mol. The maximum atomic E-state index is 11.1. The number of carbonyl (C=O) groups is 1. The highest BCUT2D eigenvalue weighted by Crippen LogP contribution is 2.16. The number of hydrogen-bond donors (Lipinski definition) is 3. The first kappa shape index (κ1) is 11.6. The van der Waals surface area contributed by atoms with Gasteiger partial charge in [-0.3, -0.25) is 4.79 Å². The summed E-state index contributed by atoms with van der Waals surface area (Å²) >= 11 is 0. The van der Waals surface area contributed by atoms with Crippen LogP contribution >= 0.6 is 0 Å². The number of sulfonamides is 1. The molecule has 0 radical (unpaired) electrons. The quantitative estimate of drug-likeness (QED) is 0.611. The maximum Gasteiger partial charge on any atom is 0.248 e. The Morgan fingerprint density at radius 3 is 2.40 bits per heavy atom. The second kappa shape index (κ2) is 3.97. The number of nitrogens with two attached hydrogens (primary N) is 2. The largest absolute Gasteiger partial charge is 0.392 e. The van der Waals surface area contributed by atoms with Crippen molar-refractivity contribution in [3.8, 4) is 0 Å². The number of primary amides is 1. The monoisotopic (exact) mass is 230 g/mol. The Morgan fingerprint density at radius 2 is 2.00 bits per heavy atom. The van der Waals surface area contributed by atoms with E-state index in [-0.39, 0.29) is 16.0 Å². The summed E-state index contributed by atoms with van der Waals surface area (Å²) in [5.74, 6) is -0.760. The summed E-state index contributed by atoms with van der Waals surface area (Å²) in [4.78, 5) is 10.5. The lowest BCUT2D eigenvalue weighted by atomic mass is 10.1. The van der Waals surface area contributed by atoms with E-state index in [1.165, 1.54) is 12.1 Å². The summed E-state index contributed by atoms with van der Waals surface area (Å²) in [5.41, 5.74) is 5.13. The lowest BCUT2D eigenvalue weighted by Crippen LogP contribution is -2.17. The fourth-order valence-corrected chi connectivity index (χ4v) is 1.89. The second-order valence-corrected chi connectivity index (χ2v) is 4.42. The van der Waals surface area contributed by atoms with Gasteiger partial charge in [-0.25, -0.2) is 13.6 Å². The molecule has 7 heteroatoms. The number of benzene rings is 1. The molecule has 0 spiro atoms. The number of amides is 1. The minimum atomic E-state index is -3.97. The van der Waals surface area contributed by atoms with Crippen LogP contribution in [0.3, 0.4) is 0 Å². The van der Waals surface area contributed by atoms with E-state index < -0.39 is 22.5 Å². The SMILES string of the molecule is NC(=O)c1ccc(CO)c(S(N)(=O)=O)c1. The number of aliphatic hydroxyl groups is 1. The minimum Gasteiger partial charge on any atom is -0.392 e. The second-order valence-electron chi connectivity index (χ2n) is 2.89. The highest BCUT2D eigenvalue weighted by atomic mass is 32.2. The number of hydrogen-bond acceptors (Lipinski definition) is 4. The van der Waals surface area contributed by atoms with Gasteiger partial charge in [-0.05, 0) is 17.7 Å². The zero-order chi connectivity index (χ0) is 11.6. The molecule has 0 aromatic heterocycles. The number of carbonyl (C=O) groups excluding carboxylic acids is 1. The first-order valence-corrected chi connectivity index (χ1v) is 5.47. The first-order chi connectivity index (χ1) is 6.86. The van der Waals surface area contributed by atoms with Gasteiger partial charge >= 0.3 is 0 Å². The zero-order valence-corrected chi connectivity index (χ0v) is 8.49. The van der Waals surface area contributed by atoms with Crippen molar-refractivity contribution in [1.82, 2.24) is 0 Å². The molecule has 0 saturated carbocycles. The van der Waals surface area contributed by atoms with Crippen LogP contribution in [0.5, 0.6) is 0 Å². The molecule has 0 aliphatic rings. The lowest BCUT2D eigenvalue weighted by Gasteiger charge is -2.06. The van der Waals surface area contributed by atoms with Gasteiger partial charge in [-0.15, -0.1) is 0 Å². The van der Waals surface area contributed by atoms with Crippen molar-refractivity contribution in [1.29, 1.82) is 0 Å². The first-order valence-electron chi connectivity index (χ1n) is 3.92.